The lowest BCUT2D eigenvalue weighted by Crippen LogP contribution is -2.35. The molecule has 1 heterocycles. The molecule has 1 aliphatic heterocycles. The molecule has 2 fully saturated rings. The Labute approximate surface area is 108 Å². The summed E-state index contributed by atoms with van der Waals surface area (Å²) in [7, 11) is 0. The maximum absolute atomic E-state index is 5.95. The van der Waals surface area contributed by atoms with Gasteiger partial charge in [0, 0.05) is 36.4 Å². The van der Waals surface area contributed by atoms with Crippen molar-refractivity contribution in [3.8, 4) is 0 Å². The summed E-state index contributed by atoms with van der Waals surface area (Å²) in [6.07, 6.45) is 4.32. The number of hydrogen-bond acceptors (Lipinski definition) is 2. The van der Waals surface area contributed by atoms with Crippen LogP contribution in [-0.2, 0) is 0 Å². The van der Waals surface area contributed by atoms with Gasteiger partial charge < -0.3 is 5.32 Å². The van der Waals surface area contributed by atoms with Crippen LogP contribution in [-0.4, -0.2) is 30.6 Å². The fourth-order valence-corrected chi connectivity index (χ4v) is 3.43. The number of nitrogens with one attached hydrogen (secondary N) is 1. The van der Waals surface area contributed by atoms with Gasteiger partial charge in [-0.15, -0.1) is 0 Å². The summed E-state index contributed by atoms with van der Waals surface area (Å²) in [5.74, 6) is 0.992. The molecule has 92 valence electrons. The number of anilines is 1. The summed E-state index contributed by atoms with van der Waals surface area (Å²) in [4.78, 5) is 2.64. The van der Waals surface area contributed by atoms with Gasteiger partial charge in [-0.2, -0.15) is 0 Å². The molecule has 2 nitrogen and oxygen atoms in total. The minimum absolute atomic E-state index is 0.801. The first kappa shape index (κ1) is 11.4. The van der Waals surface area contributed by atoms with Crippen molar-refractivity contribution in [1.82, 2.24) is 4.90 Å². The van der Waals surface area contributed by atoms with Gasteiger partial charge in [0.1, 0.15) is 0 Å². The van der Waals surface area contributed by atoms with Crippen molar-refractivity contribution in [3.63, 3.8) is 0 Å². The van der Waals surface area contributed by atoms with Crippen LogP contribution in [0.1, 0.15) is 19.3 Å². The molecule has 0 radical (unpaired) electrons. The third-order valence-electron chi connectivity index (χ3n) is 4.08. The zero-order valence-corrected chi connectivity index (χ0v) is 10.8. The molecule has 1 aromatic carbocycles. The van der Waals surface area contributed by atoms with E-state index in [1.54, 1.807) is 0 Å². The Bertz CT molecular complexity index is 394. The highest BCUT2D eigenvalue weighted by molar-refractivity contribution is 6.30. The normalized spacial score (nSPS) is 27.6. The van der Waals surface area contributed by atoms with Gasteiger partial charge in [-0.25, -0.2) is 0 Å². The van der Waals surface area contributed by atoms with Crippen LogP contribution < -0.4 is 5.32 Å². The van der Waals surface area contributed by atoms with Crippen LogP contribution >= 0.6 is 11.6 Å². The maximum Gasteiger partial charge on any atom is 0.0426 e. The number of benzene rings is 1. The summed E-state index contributed by atoms with van der Waals surface area (Å²) >= 11 is 5.95. The molecular weight excluding hydrogens is 232 g/mol. The van der Waals surface area contributed by atoms with Gasteiger partial charge in [-0.05, 0) is 43.4 Å². The minimum Gasteiger partial charge on any atom is -0.384 e. The van der Waals surface area contributed by atoms with Gasteiger partial charge in [0.05, 0.1) is 0 Å². The molecule has 0 aromatic heterocycles. The first-order chi connectivity index (χ1) is 8.31. The van der Waals surface area contributed by atoms with Crippen LogP contribution in [0, 0.1) is 5.92 Å². The predicted molar refractivity (Wildman–Crippen MR) is 72.6 cm³/mol. The first-order valence-corrected chi connectivity index (χ1v) is 6.92. The van der Waals surface area contributed by atoms with E-state index in [1.165, 1.54) is 25.8 Å². The van der Waals surface area contributed by atoms with Gasteiger partial charge in [-0.1, -0.05) is 17.7 Å². The largest absolute Gasteiger partial charge is 0.384 e. The molecule has 0 spiro atoms. The van der Waals surface area contributed by atoms with E-state index in [0.29, 0.717) is 0 Å². The summed E-state index contributed by atoms with van der Waals surface area (Å²) in [6, 6.07) is 8.83. The van der Waals surface area contributed by atoms with Crippen LogP contribution in [0.5, 0.6) is 0 Å². The Kier molecular flexibility index (Phi) is 3.26. The second kappa shape index (κ2) is 4.87. The van der Waals surface area contributed by atoms with E-state index in [-0.39, 0.29) is 0 Å². The number of rotatable bonds is 4. The van der Waals surface area contributed by atoms with E-state index in [2.05, 4.69) is 16.3 Å². The van der Waals surface area contributed by atoms with Gasteiger partial charge in [-0.3, -0.25) is 4.90 Å². The highest BCUT2D eigenvalue weighted by atomic mass is 35.5. The minimum atomic E-state index is 0.801. The molecule has 1 aromatic rings. The number of piperidine rings is 1. The van der Waals surface area contributed by atoms with Gasteiger partial charge >= 0.3 is 0 Å². The highest BCUT2D eigenvalue weighted by Gasteiger charge is 2.36. The van der Waals surface area contributed by atoms with E-state index in [0.717, 1.165) is 35.8 Å². The lowest BCUT2D eigenvalue weighted by molar-refractivity contribution is 0.221. The molecule has 1 N–H and O–H groups in total. The highest BCUT2D eigenvalue weighted by Crippen LogP contribution is 2.36. The zero-order valence-electron chi connectivity index (χ0n) is 10.0. The average molecular weight is 251 g/mol. The number of hydrogen-bond donors (Lipinski definition) is 1. The number of halogens is 1. The Hall–Kier alpha value is -0.730. The monoisotopic (exact) mass is 250 g/mol. The van der Waals surface area contributed by atoms with E-state index in [1.807, 2.05) is 18.2 Å². The van der Waals surface area contributed by atoms with Crippen molar-refractivity contribution in [2.75, 3.05) is 25.0 Å². The fraction of sp³-hybridized carbons (Fsp3) is 0.571. The van der Waals surface area contributed by atoms with E-state index >= 15 is 0 Å². The Balaban J connectivity index is 1.46. The van der Waals surface area contributed by atoms with Crippen LogP contribution in [0.3, 0.4) is 0 Å². The van der Waals surface area contributed by atoms with Crippen molar-refractivity contribution in [2.24, 2.45) is 5.92 Å². The van der Waals surface area contributed by atoms with Crippen molar-refractivity contribution >= 4 is 17.3 Å². The smallest absolute Gasteiger partial charge is 0.0426 e. The van der Waals surface area contributed by atoms with Crippen molar-refractivity contribution in [3.05, 3.63) is 29.3 Å². The molecule has 1 aliphatic carbocycles. The molecule has 3 rings (SSSR count). The van der Waals surface area contributed by atoms with Crippen LogP contribution in [0.15, 0.2) is 24.3 Å². The Morgan fingerprint density at radius 2 is 2.29 bits per heavy atom. The van der Waals surface area contributed by atoms with E-state index < -0.39 is 0 Å². The molecule has 2 bridgehead atoms. The third-order valence-corrected chi connectivity index (χ3v) is 4.31. The standard InChI is InChI=1S/C14H19ClN2/c15-12-2-1-3-13(9-12)16-6-7-17-10-11-4-5-14(17)8-11/h1-3,9,11,14,16H,4-8,10H2. The lowest BCUT2D eigenvalue weighted by atomic mass is 10.1. The number of likely N-dealkylation sites (tertiary alicyclic amines) is 1. The number of fused-ring (bicyclic) bond motifs is 2. The quantitative estimate of drug-likeness (QED) is 0.883. The molecule has 0 amide bonds. The van der Waals surface area contributed by atoms with Crippen molar-refractivity contribution in [2.45, 2.75) is 25.3 Å². The summed E-state index contributed by atoms with van der Waals surface area (Å²) in [5.41, 5.74) is 1.13. The fourth-order valence-electron chi connectivity index (χ4n) is 3.24. The summed E-state index contributed by atoms with van der Waals surface area (Å²) in [5, 5.41) is 4.25. The molecule has 2 aliphatic rings. The molecule has 17 heavy (non-hydrogen) atoms. The topological polar surface area (TPSA) is 15.3 Å². The molecular formula is C14H19ClN2. The van der Waals surface area contributed by atoms with Crippen LogP contribution in [0.25, 0.3) is 0 Å². The first-order valence-electron chi connectivity index (χ1n) is 6.55. The molecule has 2 atom stereocenters. The molecule has 1 saturated carbocycles. The van der Waals surface area contributed by atoms with Gasteiger partial charge in [0.25, 0.3) is 0 Å². The van der Waals surface area contributed by atoms with Crippen molar-refractivity contribution < 1.29 is 0 Å². The molecule has 2 unspecified atom stereocenters. The summed E-state index contributed by atoms with van der Waals surface area (Å²) < 4.78 is 0. The van der Waals surface area contributed by atoms with Crippen LogP contribution in [0.2, 0.25) is 5.02 Å². The van der Waals surface area contributed by atoms with Crippen LogP contribution in [0.4, 0.5) is 5.69 Å². The Morgan fingerprint density at radius 1 is 1.35 bits per heavy atom. The van der Waals surface area contributed by atoms with Gasteiger partial charge in [0.15, 0.2) is 0 Å². The average Bonchev–Trinajstić information content (AvgIpc) is 2.91. The second-order valence-electron chi connectivity index (χ2n) is 5.26. The number of nitrogens with zero attached hydrogens (tertiary/aromatic N) is 1. The van der Waals surface area contributed by atoms with Crippen molar-refractivity contribution in [1.29, 1.82) is 0 Å². The third kappa shape index (κ3) is 2.58. The zero-order chi connectivity index (χ0) is 11.7. The maximum atomic E-state index is 5.95. The predicted octanol–water partition coefficient (Wildman–Crippen LogP) is 3.24. The van der Waals surface area contributed by atoms with E-state index in [9.17, 15) is 0 Å². The Morgan fingerprint density at radius 3 is 3.00 bits per heavy atom. The lowest BCUT2D eigenvalue weighted by Gasteiger charge is -2.26. The summed E-state index contributed by atoms with van der Waals surface area (Å²) in [6.45, 7) is 3.50. The van der Waals surface area contributed by atoms with E-state index in [4.69, 9.17) is 11.6 Å². The second-order valence-corrected chi connectivity index (χ2v) is 5.70. The molecule has 3 heteroatoms. The molecule has 1 saturated heterocycles. The SMILES string of the molecule is Clc1cccc(NCCN2CC3CCC2C3)c1. The van der Waals surface area contributed by atoms with Gasteiger partial charge in [0.2, 0.25) is 0 Å².